The molecule has 0 bridgehead atoms. The molecule has 0 fully saturated rings. The van der Waals surface area contributed by atoms with Crippen molar-refractivity contribution in [3.8, 4) is 11.8 Å². The van der Waals surface area contributed by atoms with E-state index in [1.165, 1.54) is 22.8 Å². The Hall–Kier alpha value is -1.42. The molecule has 1 rings (SSSR count). The molecule has 0 radical (unpaired) electrons. The highest BCUT2D eigenvalue weighted by atomic mass is 32.2. The average Bonchev–Trinajstić information content (AvgIpc) is 2.46. The van der Waals surface area contributed by atoms with Crippen molar-refractivity contribution < 1.29 is 8.42 Å². The Kier molecular flexibility index (Phi) is 6.14. The molecule has 0 aliphatic carbocycles. The first-order valence-corrected chi connectivity index (χ1v) is 8.03. The Labute approximate surface area is 121 Å². The minimum absolute atomic E-state index is 0.0150. The van der Waals surface area contributed by atoms with Gasteiger partial charge in [-0.1, -0.05) is 25.7 Å². The molecule has 0 saturated carbocycles. The summed E-state index contributed by atoms with van der Waals surface area (Å²) in [6, 6.07) is 1.52. The van der Waals surface area contributed by atoms with E-state index in [0.717, 1.165) is 12.8 Å². The van der Waals surface area contributed by atoms with E-state index in [-0.39, 0.29) is 17.5 Å². The topological polar surface area (TPSA) is 76.3 Å². The fourth-order valence-electron chi connectivity index (χ4n) is 1.95. The van der Waals surface area contributed by atoms with Gasteiger partial charge in [0.2, 0.25) is 10.0 Å². The van der Waals surface area contributed by atoms with Crippen molar-refractivity contribution in [1.82, 2.24) is 9.29 Å². The van der Waals surface area contributed by atoms with Crippen molar-refractivity contribution in [1.29, 1.82) is 0 Å². The second-order valence-corrected chi connectivity index (χ2v) is 6.40. The Morgan fingerprint density at radius 2 is 2.00 bits per heavy atom. The second kappa shape index (κ2) is 7.39. The van der Waals surface area contributed by atoms with Crippen LogP contribution >= 0.6 is 0 Å². The molecule has 0 aromatic carbocycles. The van der Waals surface area contributed by atoms with Gasteiger partial charge in [-0.3, -0.25) is 4.98 Å². The molecule has 0 aliphatic rings. The Morgan fingerprint density at radius 1 is 1.35 bits per heavy atom. The molecular weight excluding hydrogens is 274 g/mol. The first-order chi connectivity index (χ1) is 9.47. The summed E-state index contributed by atoms with van der Waals surface area (Å²) in [5.41, 5.74) is 5.85. The van der Waals surface area contributed by atoms with Crippen LogP contribution in [0.5, 0.6) is 0 Å². The molecule has 0 spiro atoms. The number of aromatic nitrogens is 1. The van der Waals surface area contributed by atoms with Crippen molar-refractivity contribution in [3.63, 3.8) is 0 Å². The van der Waals surface area contributed by atoms with E-state index in [0.29, 0.717) is 5.56 Å². The molecule has 0 atom stereocenters. The van der Waals surface area contributed by atoms with Crippen LogP contribution in [0.3, 0.4) is 0 Å². The second-order valence-electron chi connectivity index (χ2n) is 4.41. The molecular formula is C14H21N3O2S. The van der Waals surface area contributed by atoms with Crippen LogP contribution in [0, 0.1) is 11.8 Å². The molecule has 1 aromatic heterocycles. The van der Waals surface area contributed by atoms with Gasteiger partial charge in [-0.25, -0.2) is 8.42 Å². The van der Waals surface area contributed by atoms with Crippen LogP contribution in [0.2, 0.25) is 0 Å². The molecule has 2 N–H and O–H groups in total. The van der Waals surface area contributed by atoms with Gasteiger partial charge in [0.1, 0.15) is 4.90 Å². The number of nitrogens with two attached hydrogens (primary N) is 1. The molecule has 1 heterocycles. The standard InChI is InChI=1S/C14H21N3O2S/c1-4-13(5-2)17(3)20(18,19)14-9-12(7-6-8-15)10-16-11-14/h9-11,13H,4-5,8,15H2,1-3H3. The van der Waals surface area contributed by atoms with E-state index in [4.69, 9.17) is 5.73 Å². The minimum atomic E-state index is -3.54. The lowest BCUT2D eigenvalue weighted by Crippen LogP contribution is -2.36. The smallest absolute Gasteiger partial charge is 0.244 e. The Morgan fingerprint density at radius 3 is 2.55 bits per heavy atom. The van der Waals surface area contributed by atoms with Gasteiger partial charge in [0.15, 0.2) is 0 Å². The third-order valence-electron chi connectivity index (χ3n) is 3.18. The van der Waals surface area contributed by atoms with Crippen LogP contribution in [0.1, 0.15) is 32.3 Å². The number of hydrogen-bond acceptors (Lipinski definition) is 4. The summed E-state index contributed by atoms with van der Waals surface area (Å²) in [6.07, 6.45) is 4.42. The zero-order valence-electron chi connectivity index (χ0n) is 12.1. The third-order valence-corrected chi connectivity index (χ3v) is 5.06. The predicted molar refractivity (Wildman–Crippen MR) is 79.5 cm³/mol. The van der Waals surface area contributed by atoms with E-state index < -0.39 is 10.0 Å². The first kappa shape index (κ1) is 16.6. The Bertz CT molecular complexity index is 598. The lowest BCUT2D eigenvalue weighted by atomic mass is 10.2. The number of sulfonamides is 1. The first-order valence-electron chi connectivity index (χ1n) is 6.59. The van der Waals surface area contributed by atoms with Gasteiger partial charge < -0.3 is 5.73 Å². The summed E-state index contributed by atoms with van der Waals surface area (Å²) < 4.78 is 26.5. The number of rotatable bonds is 5. The average molecular weight is 295 g/mol. The van der Waals surface area contributed by atoms with E-state index in [9.17, 15) is 8.42 Å². The predicted octanol–water partition coefficient (Wildman–Crippen LogP) is 1.20. The van der Waals surface area contributed by atoms with Crippen molar-refractivity contribution in [3.05, 3.63) is 24.0 Å². The Balaban J connectivity index is 3.15. The van der Waals surface area contributed by atoms with Gasteiger partial charge in [-0.2, -0.15) is 4.31 Å². The number of pyridine rings is 1. The van der Waals surface area contributed by atoms with Gasteiger partial charge in [-0.05, 0) is 18.9 Å². The quantitative estimate of drug-likeness (QED) is 0.828. The highest BCUT2D eigenvalue weighted by Crippen LogP contribution is 2.19. The van der Waals surface area contributed by atoms with E-state index in [1.807, 2.05) is 13.8 Å². The van der Waals surface area contributed by atoms with Gasteiger partial charge in [-0.15, -0.1) is 0 Å². The van der Waals surface area contributed by atoms with Crippen LogP contribution in [0.15, 0.2) is 23.4 Å². The number of nitrogens with zero attached hydrogens (tertiary/aromatic N) is 2. The van der Waals surface area contributed by atoms with Crippen LogP contribution < -0.4 is 5.73 Å². The summed E-state index contributed by atoms with van der Waals surface area (Å²) in [6.45, 7) is 4.17. The summed E-state index contributed by atoms with van der Waals surface area (Å²) in [4.78, 5) is 4.11. The zero-order valence-corrected chi connectivity index (χ0v) is 12.9. The highest BCUT2D eigenvalue weighted by Gasteiger charge is 2.26. The highest BCUT2D eigenvalue weighted by molar-refractivity contribution is 7.89. The molecule has 110 valence electrons. The zero-order chi connectivity index (χ0) is 15.2. The van der Waals surface area contributed by atoms with Crippen molar-refractivity contribution in [2.45, 2.75) is 37.6 Å². The fourth-order valence-corrected chi connectivity index (χ4v) is 3.44. The molecule has 1 aromatic rings. The van der Waals surface area contributed by atoms with Crippen LogP contribution in [0.4, 0.5) is 0 Å². The SMILES string of the molecule is CCC(CC)N(C)S(=O)(=O)c1cncc(C#CCN)c1. The number of hydrogen-bond donors (Lipinski definition) is 1. The monoisotopic (exact) mass is 295 g/mol. The van der Waals surface area contributed by atoms with Crippen molar-refractivity contribution in [2.75, 3.05) is 13.6 Å². The molecule has 0 saturated heterocycles. The lowest BCUT2D eigenvalue weighted by Gasteiger charge is -2.25. The van der Waals surface area contributed by atoms with E-state index in [2.05, 4.69) is 16.8 Å². The van der Waals surface area contributed by atoms with Crippen molar-refractivity contribution >= 4 is 10.0 Å². The maximum absolute atomic E-state index is 12.5. The summed E-state index contributed by atoms with van der Waals surface area (Å²) in [7, 11) is -1.94. The summed E-state index contributed by atoms with van der Waals surface area (Å²) >= 11 is 0. The maximum Gasteiger partial charge on any atom is 0.244 e. The summed E-state index contributed by atoms with van der Waals surface area (Å²) in [5.74, 6) is 5.48. The van der Waals surface area contributed by atoms with Gasteiger partial charge >= 0.3 is 0 Å². The van der Waals surface area contributed by atoms with E-state index >= 15 is 0 Å². The van der Waals surface area contributed by atoms with Gasteiger partial charge in [0.05, 0.1) is 6.54 Å². The molecule has 0 aliphatic heterocycles. The minimum Gasteiger partial charge on any atom is -0.320 e. The molecule has 5 nitrogen and oxygen atoms in total. The normalized spacial score (nSPS) is 11.5. The summed E-state index contributed by atoms with van der Waals surface area (Å²) in [5, 5.41) is 0. The van der Waals surface area contributed by atoms with Crippen molar-refractivity contribution in [2.24, 2.45) is 5.73 Å². The molecule has 20 heavy (non-hydrogen) atoms. The van der Waals surface area contributed by atoms with Crippen LogP contribution in [-0.4, -0.2) is 37.3 Å². The largest absolute Gasteiger partial charge is 0.320 e. The molecule has 0 unspecified atom stereocenters. The maximum atomic E-state index is 12.5. The van der Waals surface area contributed by atoms with Crippen LogP contribution in [-0.2, 0) is 10.0 Å². The van der Waals surface area contributed by atoms with E-state index in [1.54, 1.807) is 7.05 Å². The van der Waals surface area contributed by atoms with Gasteiger partial charge in [0.25, 0.3) is 0 Å². The lowest BCUT2D eigenvalue weighted by molar-refractivity contribution is 0.349. The fraction of sp³-hybridized carbons (Fsp3) is 0.500. The van der Waals surface area contributed by atoms with Gasteiger partial charge in [0, 0.05) is 31.0 Å². The molecule has 6 heteroatoms. The molecule has 0 amide bonds. The third kappa shape index (κ3) is 3.79. The van der Waals surface area contributed by atoms with Crippen LogP contribution in [0.25, 0.3) is 0 Å².